The molecular weight excluding hydrogens is 255 g/mol. The van der Waals surface area contributed by atoms with E-state index in [1.54, 1.807) is 6.07 Å². The minimum atomic E-state index is -0.143. The average Bonchev–Trinajstić information content (AvgIpc) is 2.38. The van der Waals surface area contributed by atoms with Gasteiger partial charge in [-0.05, 0) is 13.0 Å². The van der Waals surface area contributed by atoms with Gasteiger partial charge in [0.1, 0.15) is 5.82 Å². The van der Waals surface area contributed by atoms with Crippen LogP contribution < -0.4 is 5.73 Å². The molecule has 1 fully saturated rings. The molecule has 0 aromatic heterocycles. The molecule has 0 spiro atoms. The molecule has 1 aliphatic heterocycles. The van der Waals surface area contributed by atoms with E-state index in [2.05, 4.69) is 4.90 Å². The van der Waals surface area contributed by atoms with Gasteiger partial charge in [-0.1, -0.05) is 18.2 Å². The summed E-state index contributed by atoms with van der Waals surface area (Å²) in [4.78, 5) is 2.22. The lowest BCUT2D eigenvalue weighted by atomic mass is 10.1. The zero-order valence-corrected chi connectivity index (χ0v) is 11.3. The quantitative estimate of drug-likeness (QED) is 0.916. The van der Waals surface area contributed by atoms with Crippen LogP contribution in [-0.2, 0) is 4.74 Å². The molecule has 2 rings (SSSR count). The van der Waals surface area contributed by atoms with Gasteiger partial charge in [0.25, 0.3) is 0 Å². The molecule has 0 radical (unpaired) electrons. The summed E-state index contributed by atoms with van der Waals surface area (Å²) >= 11 is 0. The summed E-state index contributed by atoms with van der Waals surface area (Å²) in [5.74, 6) is -0.143. The molecule has 0 aliphatic carbocycles. The Balaban J connectivity index is 0.00000162. The molecular formula is C13H20ClFN2O. The molecule has 3 nitrogen and oxygen atoms in total. The summed E-state index contributed by atoms with van der Waals surface area (Å²) in [6.45, 7) is 4.80. The third-order valence-corrected chi connectivity index (χ3v) is 3.34. The summed E-state index contributed by atoms with van der Waals surface area (Å²) in [6.07, 6.45) is 0.0676. The fraction of sp³-hybridized carbons (Fsp3) is 0.538. The zero-order valence-electron chi connectivity index (χ0n) is 10.5. The van der Waals surface area contributed by atoms with Gasteiger partial charge in [-0.3, -0.25) is 4.90 Å². The molecule has 0 amide bonds. The van der Waals surface area contributed by atoms with Crippen LogP contribution in [0.3, 0.4) is 0 Å². The molecule has 1 heterocycles. The predicted molar refractivity (Wildman–Crippen MR) is 72.4 cm³/mol. The Hall–Kier alpha value is -0.680. The number of rotatable bonds is 3. The normalized spacial score (nSPS) is 22.3. The van der Waals surface area contributed by atoms with Gasteiger partial charge in [0.15, 0.2) is 0 Å². The molecule has 2 unspecified atom stereocenters. The van der Waals surface area contributed by atoms with E-state index < -0.39 is 0 Å². The lowest BCUT2D eigenvalue weighted by molar-refractivity contribution is -0.0368. The van der Waals surface area contributed by atoms with Crippen LogP contribution in [-0.4, -0.2) is 37.2 Å². The summed E-state index contributed by atoms with van der Waals surface area (Å²) in [5, 5.41) is 0. The molecule has 5 heteroatoms. The third-order valence-electron chi connectivity index (χ3n) is 3.34. The highest BCUT2D eigenvalue weighted by Crippen LogP contribution is 2.24. The fourth-order valence-corrected chi connectivity index (χ4v) is 2.25. The van der Waals surface area contributed by atoms with Gasteiger partial charge in [-0.15, -0.1) is 12.4 Å². The first-order chi connectivity index (χ1) is 8.22. The Morgan fingerprint density at radius 1 is 1.50 bits per heavy atom. The van der Waals surface area contributed by atoms with Gasteiger partial charge in [-0.2, -0.15) is 0 Å². The number of morpholine rings is 1. The molecule has 1 saturated heterocycles. The van der Waals surface area contributed by atoms with Crippen LogP contribution in [0.1, 0.15) is 18.5 Å². The highest BCUT2D eigenvalue weighted by Gasteiger charge is 2.25. The largest absolute Gasteiger partial charge is 0.374 e. The molecule has 1 aromatic rings. The fourth-order valence-electron chi connectivity index (χ4n) is 2.25. The monoisotopic (exact) mass is 274 g/mol. The maximum absolute atomic E-state index is 13.7. The van der Waals surface area contributed by atoms with Crippen molar-refractivity contribution in [2.45, 2.75) is 19.1 Å². The van der Waals surface area contributed by atoms with Crippen molar-refractivity contribution in [2.24, 2.45) is 5.73 Å². The Kier molecular flexibility index (Phi) is 6.02. The highest BCUT2D eigenvalue weighted by molar-refractivity contribution is 5.85. The van der Waals surface area contributed by atoms with Gasteiger partial charge in [0.05, 0.1) is 12.7 Å². The zero-order chi connectivity index (χ0) is 12.3. The SMILES string of the molecule is CC(c1ccccc1F)N1CCOC(CN)C1.Cl. The lowest BCUT2D eigenvalue weighted by Gasteiger charge is -2.36. The number of hydrogen-bond donors (Lipinski definition) is 1. The molecule has 102 valence electrons. The standard InChI is InChI=1S/C13H19FN2O.ClH/c1-10(12-4-2-3-5-13(12)14)16-6-7-17-11(8-15)9-16;/h2-5,10-11H,6-9,15H2,1H3;1H. The first-order valence-corrected chi connectivity index (χ1v) is 6.02. The second-order valence-electron chi connectivity index (χ2n) is 4.42. The molecule has 1 aliphatic rings. The summed E-state index contributed by atoms with van der Waals surface area (Å²) in [6, 6.07) is 7.00. The summed E-state index contributed by atoms with van der Waals surface area (Å²) in [5.41, 5.74) is 6.35. The van der Waals surface area contributed by atoms with Crippen LogP contribution in [0, 0.1) is 5.82 Å². The number of benzene rings is 1. The van der Waals surface area contributed by atoms with Gasteiger partial charge in [0.2, 0.25) is 0 Å². The van der Waals surface area contributed by atoms with Crippen LogP contribution in [0.5, 0.6) is 0 Å². The number of halogens is 2. The van der Waals surface area contributed by atoms with Crippen LogP contribution in [0.4, 0.5) is 4.39 Å². The number of nitrogens with zero attached hydrogens (tertiary/aromatic N) is 1. The third kappa shape index (κ3) is 3.42. The molecule has 0 saturated carbocycles. The number of nitrogens with two attached hydrogens (primary N) is 1. The van der Waals surface area contributed by atoms with Gasteiger partial charge < -0.3 is 10.5 Å². The van der Waals surface area contributed by atoms with Crippen molar-refractivity contribution >= 4 is 12.4 Å². The second kappa shape index (κ2) is 7.04. The summed E-state index contributed by atoms with van der Waals surface area (Å²) < 4.78 is 19.2. The molecule has 2 N–H and O–H groups in total. The molecule has 0 bridgehead atoms. The predicted octanol–water partition coefficient (Wildman–Crippen LogP) is 1.97. The molecule has 2 atom stereocenters. The topological polar surface area (TPSA) is 38.5 Å². The van der Waals surface area contributed by atoms with Crippen molar-refractivity contribution in [1.29, 1.82) is 0 Å². The average molecular weight is 275 g/mol. The number of hydrogen-bond acceptors (Lipinski definition) is 3. The van der Waals surface area contributed by atoms with Gasteiger partial charge in [0, 0.05) is 31.2 Å². The van der Waals surface area contributed by atoms with Crippen LogP contribution >= 0.6 is 12.4 Å². The minimum Gasteiger partial charge on any atom is -0.374 e. The van der Waals surface area contributed by atoms with Crippen molar-refractivity contribution < 1.29 is 9.13 Å². The van der Waals surface area contributed by atoms with E-state index in [-0.39, 0.29) is 30.4 Å². The smallest absolute Gasteiger partial charge is 0.127 e. The second-order valence-corrected chi connectivity index (χ2v) is 4.42. The molecule has 1 aromatic carbocycles. The maximum atomic E-state index is 13.7. The van der Waals surface area contributed by atoms with Crippen LogP contribution in [0.15, 0.2) is 24.3 Å². The Labute approximate surface area is 114 Å². The van der Waals surface area contributed by atoms with Crippen molar-refractivity contribution in [3.63, 3.8) is 0 Å². The van der Waals surface area contributed by atoms with E-state index in [9.17, 15) is 4.39 Å². The highest BCUT2D eigenvalue weighted by atomic mass is 35.5. The van der Waals surface area contributed by atoms with E-state index in [1.165, 1.54) is 6.07 Å². The maximum Gasteiger partial charge on any atom is 0.127 e. The minimum absolute atomic E-state index is 0. The van der Waals surface area contributed by atoms with E-state index >= 15 is 0 Å². The first kappa shape index (κ1) is 15.4. The van der Waals surface area contributed by atoms with Crippen LogP contribution in [0.25, 0.3) is 0 Å². The molecule has 18 heavy (non-hydrogen) atoms. The van der Waals surface area contributed by atoms with Crippen molar-refractivity contribution in [3.8, 4) is 0 Å². The van der Waals surface area contributed by atoms with Gasteiger partial charge >= 0.3 is 0 Å². The van der Waals surface area contributed by atoms with E-state index in [1.807, 2.05) is 19.1 Å². The summed E-state index contributed by atoms with van der Waals surface area (Å²) in [7, 11) is 0. The van der Waals surface area contributed by atoms with E-state index in [0.29, 0.717) is 13.2 Å². The van der Waals surface area contributed by atoms with Crippen molar-refractivity contribution in [3.05, 3.63) is 35.6 Å². The first-order valence-electron chi connectivity index (χ1n) is 6.02. The Morgan fingerprint density at radius 2 is 2.22 bits per heavy atom. The number of ether oxygens (including phenoxy) is 1. The van der Waals surface area contributed by atoms with Crippen LogP contribution in [0.2, 0.25) is 0 Å². The van der Waals surface area contributed by atoms with Gasteiger partial charge in [-0.25, -0.2) is 4.39 Å². The Morgan fingerprint density at radius 3 is 2.89 bits per heavy atom. The van der Waals surface area contributed by atoms with E-state index in [0.717, 1.165) is 18.7 Å². The van der Waals surface area contributed by atoms with Crippen molar-refractivity contribution in [2.75, 3.05) is 26.2 Å². The Bertz CT molecular complexity index is 378. The lowest BCUT2D eigenvalue weighted by Crippen LogP contribution is -2.46. The van der Waals surface area contributed by atoms with E-state index in [4.69, 9.17) is 10.5 Å². The van der Waals surface area contributed by atoms with Crippen molar-refractivity contribution in [1.82, 2.24) is 4.90 Å².